The summed E-state index contributed by atoms with van der Waals surface area (Å²) in [4.78, 5) is 23.2. The van der Waals surface area contributed by atoms with E-state index in [0.29, 0.717) is 13.2 Å². The number of carbonyl (C=O) groups is 2. The van der Waals surface area contributed by atoms with E-state index in [9.17, 15) is 0 Å². The number of likely N-dealkylation sites (N-methyl/N-ethyl adjacent to an activating group) is 1. The van der Waals surface area contributed by atoms with Crippen LogP contribution in [0.1, 0.15) is 6.92 Å². The third kappa shape index (κ3) is 10.3. The van der Waals surface area contributed by atoms with Gasteiger partial charge in [0.1, 0.15) is 12.4 Å². The number of carboxylic acid groups (broad SMARTS) is 2. The Bertz CT molecular complexity index is 567. The number of benzene rings is 1. The maximum absolute atomic E-state index is 9.10. The van der Waals surface area contributed by atoms with Crippen LogP contribution in [0, 0.1) is 0 Å². The molecule has 0 aliphatic carbocycles. The molecule has 1 saturated heterocycles. The molecule has 1 aromatic rings. The monoisotopic (exact) mass is 446 g/mol. The third-order valence-corrected chi connectivity index (χ3v) is 4.62. The molecule has 1 aliphatic rings. The number of hydrogen-bond acceptors (Lipinski definition) is 6. The Balaban J connectivity index is 0.000000527. The number of aliphatic carboxylic acids is 2. The van der Waals surface area contributed by atoms with Gasteiger partial charge in [-0.1, -0.05) is 19.1 Å². The van der Waals surface area contributed by atoms with Crippen LogP contribution in [0.25, 0.3) is 0 Å². The van der Waals surface area contributed by atoms with Gasteiger partial charge in [-0.3, -0.25) is 4.90 Å². The zero-order chi connectivity index (χ0) is 20.1. The van der Waals surface area contributed by atoms with Crippen molar-refractivity contribution in [1.29, 1.82) is 0 Å². The lowest BCUT2D eigenvalue weighted by molar-refractivity contribution is -0.159. The third-order valence-electron chi connectivity index (χ3n) is 3.97. The molecule has 0 spiro atoms. The number of piperazine rings is 1. The van der Waals surface area contributed by atoms with Crippen molar-refractivity contribution in [3.63, 3.8) is 0 Å². The quantitative estimate of drug-likeness (QED) is 0.459. The van der Waals surface area contributed by atoms with Crippen LogP contribution in [-0.2, 0) is 14.3 Å². The van der Waals surface area contributed by atoms with Crippen molar-refractivity contribution in [3.8, 4) is 5.75 Å². The van der Waals surface area contributed by atoms with Crippen molar-refractivity contribution in [2.24, 2.45) is 0 Å². The lowest BCUT2D eigenvalue weighted by atomic mass is 10.3. The molecule has 0 saturated carbocycles. The highest BCUT2D eigenvalue weighted by Crippen LogP contribution is 2.23. The molecule has 1 aromatic carbocycles. The summed E-state index contributed by atoms with van der Waals surface area (Å²) in [5.74, 6) is -2.78. The molecule has 0 bridgehead atoms. The molecule has 27 heavy (non-hydrogen) atoms. The minimum absolute atomic E-state index is 0.590. The summed E-state index contributed by atoms with van der Waals surface area (Å²) in [7, 11) is 0. The molecule has 1 aliphatic heterocycles. The summed E-state index contributed by atoms with van der Waals surface area (Å²) >= 11 is 3.47. The van der Waals surface area contributed by atoms with Gasteiger partial charge in [-0.2, -0.15) is 0 Å². The lowest BCUT2D eigenvalue weighted by Crippen LogP contribution is -2.47. The van der Waals surface area contributed by atoms with Crippen LogP contribution in [0.2, 0.25) is 0 Å². The second-order valence-corrected chi connectivity index (χ2v) is 6.63. The van der Waals surface area contributed by atoms with Crippen LogP contribution in [-0.4, -0.2) is 91.0 Å². The summed E-state index contributed by atoms with van der Waals surface area (Å²) in [5.41, 5.74) is 0. The van der Waals surface area contributed by atoms with Gasteiger partial charge in [-0.05, 0) is 34.6 Å². The molecule has 152 valence electrons. The Kier molecular flexibility index (Phi) is 11.7. The van der Waals surface area contributed by atoms with Crippen LogP contribution in [0.3, 0.4) is 0 Å². The Hall–Kier alpha value is -1.68. The summed E-state index contributed by atoms with van der Waals surface area (Å²) in [6.07, 6.45) is 0. The van der Waals surface area contributed by atoms with Crippen molar-refractivity contribution in [1.82, 2.24) is 9.80 Å². The van der Waals surface area contributed by atoms with E-state index in [4.69, 9.17) is 29.3 Å². The molecule has 0 unspecified atom stereocenters. The Morgan fingerprint density at radius 1 is 1.00 bits per heavy atom. The first-order valence-electron chi connectivity index (χ1n) is 8.80. The molecule has 9 heteroatoms. The van der Waals surface area contributed by atoms with Crippen LogP contribution in [0.5, 0.6) is 5.75 Å². The zero-order valence-electron chi connectivity index (χ0n) is 15.5. The normalized spacial score (nSPS) is 14.9. The highest BCUT2D eigenvalue weighted by Gasteiger charge is 2.14. The largest absolute Gasteiger partial charge is 0.490 e. The van der Waals surface area contributed by atoms with E-state index in [1.807, 2.05) is 24.3 Å². The number of rotatable bonds is 8. The number of ether oxygens (including phenoxy) is 2. The first kappa shape index (κ1) is 23.4. The van der Waals surface area contributed by atoms with Gasteiger partial charge in [0.05, 0.1) is 17.7 Å². The van der Waals surface area contributed by atoms with Crippen LogP contribution >= 0.6 is 15.9 Å². The molecule has 8 nitrogen and oxygen atoms in total. The molecule has 1 heterocycles. The smallest absolute Gasteiger partial charge is 0.414 e. The second kappa shape index (κ2) is 13.5. The van der Waals surface area contributed by atoms with Gasteiger partial charge in [0.25, 0.3) is 0 Å². The minimum atomic E-state index is -1.82. The fourth-order valence-electron chi connectivity index (χ4n) is 2.40. The number of hydrogen-bond donors (Lipinski definition) is 2. The van der Waals surface area contributed by atoms with Gasteiger partial charge in [0, 0.05) is 32.7 Å². The summed E-state index contributed by atoms with van der Waals surface area (Å²) in [6, 6.07) is 7.88. The van der Waals surface area contributed by atoms with E-state index < -0.39 is 11.9 Å². The molecule has 0 atom stereocenters. The fourth-order valence-corrected chi connectivity index (χ4v) is 2.80. The maximum atomic E-state index is 9.10. The Morgan fingerprint density at radius 3 is 2.15 bits per heavy atom. The van der Waals surface area contributed by atoms with Gasteiger partial charge in [-0.25, -0.2) is 9.59 Å². The topological polar surface area (TPSA) is 99.5 Å². The van der Waals surface area contributed by atoms with Gasteiger partial charge >= 0.3 is 11.9 Å². The molecular formula is C18H27BrN2O6. The number of halogens is 1. The predicted octanol–water partition coefficient (Wildman–Crippen LogP) is 1.64. The second-order valence-electron chi connectivity index (χ2n) is 5.78. The Labute approximate surface area is 167 Å². The molecule has 0 radical (unpaired) electrons. The number of nitrogens with zero attached hydrogens (tertiary/aromatic N) is 2. The van der Waals surface area contributed by atoms with Crippen LogP contribution < -0.4 is 4.74 Å². The van der Waals surface area contributed by atoms with Crippen LogP contribution in [0.4, 0.5) is 0 Å². The molecule has 0 aromatic heterocycles. The highest BCUT2D eigenvalue weighted by atomic mass is 79.9. The van der Waals surface area contributed by atoms with E-state index in [-0.39, 0.29) is 0 Å². The van der Waals surface area contributed by atoms with Gasteiger partial charge in [0.15, 0.2) is 0 Å². The van der Waals surface area contributed by atoms with E-state index in [2.05, 4.69) is 32.7 Å². The van der Waals surface area contributed by atoms with Crippen molar-refractivity contribution in [3.05, 3.63) is 28.7 Å². The Morgan fingerprint density at radius 2 is 1.59 bits per heavy atom. The van der Waals surface area contributed by atoms with Crippen molar-refractivity contribution >= 4 is 27.9 Å². The van der Waals surface area contributed by atoms with Gasteiger partial charge in [0.2, 0.25) is 0 Å². The average molecular weight is 447 g/mol. The van der Waals surface area contributed by atoms with Crippen LogP contribution in [0.15, 0.2) is 28.7 Å². The minimum Gasteiger partial charge on any atom is -0.490 e. The number of para-hydroxylation sites is 1. The predicted molar refractivity (Wildman–Crippen MR) is 104 cm³/mol. The van der Waals surface area contributed by atoms with Crippen molar-refractivity contribution in [2.75, 3.05) is 59.1 Å². The molecular weight excluding hydrogens is 420 g/mol. The molecule has 2 N–H and O–H groups in total. The van der Waals surface area contributed by atoms with E-state index in [1.165, 1.54) is 13.1 Å². The molecule has 2 rings (SSSR count). The van der Waals surface area contributed by atoms with Crippen molar-refractivity contribution in [2.45, 2.75) is 6.92 Å². The average Bonchev–Trinajstić information content (AvgIpc) is 2.66. The van der Waals surface area contributed by atoms with E-state index in [0.717, 1.165) is 43.0 Å². The lowest BCUT2D eigenvalue weighted by Gasteiger charge is -2.33. The first-order valence-corrected chi connectivity index (χ1v) is 9.59. The summed E-state index contributed by atoms with van der Waals surface area (Å²) < 4.78 is 12.3. The maximum Gasteiger partial charge on any atom is 0.414 e. The molecule has 0 amide bonds. The fraction of sp³-hybridized carbons (Fsp3) is 0.556. The first-order chi connectivity index (χ1) is 12.9. The summed E-state index contributed by atoms with van der Waals surface area (Å²) in [6.45, 7) is 11.1. The molecule has 1 fully saturated rings. The van der Waals surface area contributed by atoms with Crippen molar-refractivity contribution < 1.29 is 29.3 Å². The highest BCUT2D eigenvalue weighted by molar-refractivity contribution is 9.10. The zero-order valence-corrected chi connectivity index (χ0v) is 17.1. The van der Waals surface area contributed by atoms with E-state index in [1.54, 1.807) is 0 Å². The summed E-state index contributed by atoms with van der Waals surface area (Å²) in [5, 5.41) is 14.8. The number of carboxylic acids is 2. The van der Waals surface area contributed by atoms with Gasteiger partial charge < -0.3 is 24.6 Å². The standard InChI is InChI=1S/C16H25BrN2O2.C2H2O4/c1-2-18-7-9-19(10-8-18)11-12-20-13-14-21-16-6-4-3-5-15(16)17;3-1(4)2(5)6/h3-6H,2,7-14H2,1H3;(H,3,4)(H,5,6). The SMILES string of the molecule is CCN1CCN(CCOCCOc2ccccc2Br)CC1.O=C(O)C(=O)O. The van der Waals surface area contributed by atoms with E-state index >= 15 is 0 Å². The van der Waals surface area contributed by atoms with Gasteiger partial charge in [-0.15, -0.1) is 0 Å².